The predicted octanol–water partition coefficient (Wildman–Crippen LogP) is 5.05. The zero-order valence-corrected chi connectivity index (χ0v) is 23.1. The molecule has 3 amide bonds. The maximum absolute atomic E-state index is 13.8. The molecule has 0 radical (unpaired) electrons. The molecule has 1 aliphatic heterocycles. The van der Waals surface area contributed by atoms with Crippen LogP contribution in [0.4, 0.5) is 10.6 Å². The number of nitrogens with zero attached hydrogens (tertiary/aromatic N) is 4. The molecule has 2 aromatic rings. The fourth-order valence-electron chi connectivity index (χ4n) is 6.46. The van der Waals surface area contributed by atoms with Gasteiger partial charge >= 0.3 is 6.03 Å². The highest BCUT2D eigenvalue weighted by Gasteiger charge is 2.55. The normalized spacial score (nSPS) is 26.1. The molecule has 5 rings (SSSR count). The first-order chi connectivity index (χ1) is 17.8. The van der Waals surface area contributed by atoms with E-state index in [2.05, 4.69) is 64.5 Å². The molecule has 1 N–H and O–H groups in total. The molecule has 2 heterocycles. The maximum atomic E-state index is 13.8. The third-order valence-corrected chi connectivity index (χ3v) is 9.58. The van der Waals surface area contributed by atoms with Gasteiger partial charge in [-0.2, -0.15) is 0 Å². The fraction of sp³-hybridized carbons (Fsp3) is 0.552. The van der Waals surface area contributed by atoms with Gasteiger partial charge in [-0.1, -0.05) is 42.8 Å². The number of pyridine rings is 1. The summed E-state index contributed by atoms with van der Waals surface area (Å²) in [6.07, 6.45) is 9.47. The van der Waals surface area contributed by atoms with Crippen molar-refractivity contribution >= 4 is 29.5 Å². The first-order valence-electron chi connectivity index (χ1n) is 13.5. The van der Waals surface area contributed by atoms with Crippen LogP contribution in [-0.2, 0) is 10.3 Å². The number of anilines is 1. The number of carbonyl (C=O) groups excluding carboxylic acids is 2. The van der Waals surface area contributed by atoms with Crippen LogP contribution in [0.3, 0.4) is 0 Å². The summed E-state index contributed by atoms with van der Waals surface area (Å²) in [7, 11) is 4.35. The van der Waals surface area contributed by atoms with Gasteiger partial charge in [0.05, 0.1) is 10.6 Å². The van der Waals surface area contributed by atoms with Crippen molar-refractivity contribution in [2.75, 3.05) is 45.3 Å². The maximum Gasteiger partial charge on any atom is 0.321 e. The second-order valence-corrected chi connectivity index (χ2v) is 12.0. The summed E-state index contributed by atoms with van der Waals surface area (Å²) in [6.45, 7) is 1.49. The van der Waals surface area contributed by atoms with Gasteiger partial charge in [0, 0.05) is 18.6 Å². The Balaban J connectivity index is 1.33. The Labute approximate surface area is 225 Å². The summed E-state index contributed by atoms with van der Waals surface area (Å²) in [4.78, 5) is 37.5. The smallest absolute Gasteiger partial charge is 0.317 e. The molecule has 8 heteroatoms. The Morgan fingerprint density at radius 1 is 1.08 bits per heavy atom. The highest BCUT2D eigenvalue weighted by molar-refractivity contribution is 7.98. The molecule has 1 aromatic carbocycles. The lowest BCUT2D eigenvalue weighted by molar-refractivity contribution is -0.116. The van der Waals surface area contributed by atoms with Crippen molar-refractivity contribution in [1.29, 1.82) is 0 Å². The van der Waals surface area contributed by atoms with Crippen LogP contribution in [0.1, 0.15) is 50.5 Å². The van der Waals surface area contributed by atoms with Crippen molar-refractivity contribution in [2.24, 2.45) is 5.92 Å². The average Bonchev–Trinajstić information content (AvgIpc) is 3.12. The Kier molecular flexibility index (Phi) is 7.50. The zero-order chi connectivity index (χ0) is 26.0. The molecule has 3 fully saturated rings. The monoisotopic (exact) mass is 521 g/mol. The van der Waals surface area contributed by atoms with Gasteiger partial charge in [0.15, 0.2) is 0 Å². The molecule has 3 aliphatic rings. The molecule has 1 saturated heterocycles. The van der Waals surface area contributed by atoms with E-state index in [1.165, 1.54) is 36.6 Å². The zero-order valence-electron chi connectivity index (χ0n) is 22.3. The van der Waals surface area contributed by atoms with Gasteiger partial charge in [0.2, 0.25) is 5.91 Å². The molecule has 1 aromatic heterocycles. The summed E-state index contributed by atoms with van der Waals surface area (Å²) in [5.74, 6) is 0.922. The molecule has 0 bridgehead atoms. The van der Waals surface area contributed by atoms with Crippen molar-refractivity contribution in [3.8, 4) is 0 Å². The van der Waals surface area contributed by atoms with Crippen LogP contribution >= 0.6 is 11.8 Å². The molecule has 0 unspecified atom stereocenters. The molecule has 0 atom stereocenters. The third kappa shape index (κ3) is 5.10. The number of amides is 3. The molecule has 2 aliphatic carbocycles. The Hall–Kier alpha value is -2.58. The number of aromatic nitrogens is 1. The molecule has 198 valence electrons. The Morgan fingerprint density at radius 2 is 1.81 bits per heavy atom. The SMILES string of the molecule is CSc1cccc(NC(=O)CN2C[C@]3(CC[C@@](c4ccccc4)(N(C)C)CC3)N(CC3CCC3)C2=O)n1. The van der Waals surface area contributed by atoms with Crippen LogP contribution < -0.4 is 5.32 Å². The summed E-state index contributed by atoms with van der Waals surface area (Å²) < 4.78 is 0. The van der Waals surface area contributed by atoms with Gasteiger partial charge in [-0.25, -0.2) is 9.78 Å². The minimum Gasteiger partial charge on any atom is -0.317 e. The number of rotatable bonds is 8. The highest BCUT2D eigenvalue weighted by atomic mass is 32.2. The van der Waals surface area contributed by atoms with Crippen LogP contribution in [0, 0.1) is 5.92 Å². The Morgan fingerprint density at radius 3 is 2.43 bits per heavy atom. The van der Waals surface area contributed by atoms with Gasteiger partial charge in [-0.05, 0) is 82.5 Å². The average molecular weight is 522 g/mol. The summed E-state index contributed by atoms with van der Waals surface area (Å²) >= 11 is 1.53. The molecular formula is C29H39N5O2S. The van der Waals surface area contributed by atoms with Crippen LogP contribution in [0.15, 0.2) is 53.6 Å². The minimum absolute atomic E-state index is 0.0185. The molecule has 37 heavy (non-hydrogen) atoms. The van der Waals surface area contributed by atoms with E-state index < -0.39 is 0 Å². The third-order valence-electron chi connectivity index (χ3n) is 8.93. The number of thioether (sulfide) groups is 1. The number of urea groups is 1. The van der Waals surface area contributed by atoms with Crippen molar-refractivity contribution < 1.29 is 9.59 Å². The number of benzene rings is 1. The second-order valence-electron chi connectivity index (χ2n) is 11.2. The van der Waals surface area contributed by atoms with Gasteiger partial charge in [0.25, 0.3) is 0 Å². The lowest BCUT2D eigenvalue weighted by Crippen LogP contribution is -2.56. The van der Waals surface area contributed by atoms with Crippen molar-refractivity contribution in [2.45, 2.75) is 61.0 Å². The van der Waals surface area contributed by atoms with Gasteiger partial charge < -0.3 is 15.1 Å². The Bertz CT molecular complexity index is 1110. The van der Waals surface area contributed by atoms with Crippen LogP contribution in [0.25, 0.3) is 0 Å². The standard InChI is InChI=1S/C29H39N5O2S/c1-32(2)29(23-11-5-4-6-12-23)17-15-28(16-18-29)21-33(27(36)34(28)19-22-9-7-10-22)20-25(35)30-24-13-8-14-26(31-24)37-3/h4-6,8,11-14,22H,7,9-10,15-21H2,1-3H3,(H,30,31,35)/t28-,29-. The van der Waals surface area contributed by atoms with Crippen molar-refractivity contribution in [3.63, 3.8) is 0 Å². The summed E-state index contributed by atoms with van der Waals surface area (Å²) in [5, 5.41) is 3.75. The molecule has 2 saturated carbocycles. The van der Waals surface area contributed by atoms with E-state index in [9.17, 15) is 9.59 Å². The van der Waals surface area contributed by atoms with Crippen LogP contribution in [0.2, 0.25) is 0 Å². The molecule has 7 nitrogen and oxygen atoms in total. The molecular weight excluding hydrogens is 482 g/mol. The van der Waals surface area contributed by atoms with Crippen LogP contribution in [-0.4, -0.2) is 77.1 Å². The lowest BCUT2D eigenvalue weighted by Gasteiger charge is -2.51. The number of carbonyl (C=O) groups is 2. The molecule has 1 spiro atoms. The van der Waals surface area contributed by atoms with Crippen molar-refractivity contribution in [1.82, 2.24) is 19.7 Å². The first kappa shape index (κ1) is 26.0. The minimum atomic E-state index is -0.210. The summed E-state index contributed by atoms with van der Waals surface area (Å²) in [6, 6.07) is 16.4. The van der Waals surface area contributed by atoms with E-state index >= 15 is 0 Å². The second kappa shape index (κ2) is 10.7. The largest absolute Gasteiger partial charge is 0.321 e. The number of nitrogens with one attached hydrogen (secondary N) is 1. The van der Waals surface area contributed by atoms with E-state index in [-0.39, 0.29) is 29.6 Å². The van der Waals surface area contributed by atoms with E-state index in [4.69, 9.17) is 0 Å². The van der Waals surface area contributed by atoms with E-state index in [0.29, 0.717) is 18.3 Å². The number of hydrogen-bond acceptors (Lipinski definition) is 5. The van der Waals surface area contributed by atoms with Gasteiger partial charge in [-0.3, -0.25) is 9.69 Å². The fourth-order valence-corrected chi connectivity index (χ4v) is 6.87. The van der Waals surface area contributed by atoms with Gasteiger partial charge in [-0.15, -0.1) is 11.8 Å². The topological polar surface area (TPSA) is 68.8 Å². The highest BCUT2D eigenvalue weighted by Crippen LogP contribution is 2.49. The lowest BCUT2D eigenvalue weighted by atomic mass is 9.68. The van der Waals surface area contributed by atoms with Crippen molar-refractivity contribution in [3.05, 3.63) is 54.1 Å². The summed E-state index contributed by atoms with van der Waals surface area (Å²) in [5.41, 5.74) is 1.11. The first-order valence-corrected chi connectivity index (χ1v) is 14.7. The quantitative estimate of drug-likeness (QED) is 0.493. The van der Waals surface area contributed by atoms with E-state index in [1.807, 2.05) is 18.4 Å². The van der Waals surface area contributed by atoms with Gasteiger partial charge in [0.1, 0.15) is 12.4 Å². The van der Waals surface area contributed by atoms with E-state index in [0.717, 1.165) is 37.3 Å². The predicted molar refractivity (Wildman–Crippen MR) is 149 cm³/mol. The van der Waals surface area contributed by atoms with Crippen LogP contribution in [0.5, 0.6) is 0 Å². The number of hydrogen-bond donors (Lipinski definition) is 1. The van der Waals surface area contributed by atoms with E-state index in [1.54, 1.807) is 11.0 Å².